The maximum atomic E-state index is 12.5. The smallest absolute Gasteiger partial charge is 0.347 e. The first-order valence-corrected chi connectivity index (χ1v) is 8.74. The van der Waals surface area contributed by atoms with Crippen LogP contribution in [0.15, 0.2) is 45.6 Å². The Hall–Kier alpha value is -2.79. The Morgan fingerprint density at radius 1 is 1.15 bits per heavy atom. The molecule has 0 fully saturated rings. The molecule has 0 aliphatic carbocycles. The number of hydrogen-bond acceptors (Lipinski definition) is 4. The van der Waals surface area contributed by atoms with Crippen LogP contribution in [0.4, 0.5) is 0 Å². The number of aryl methyl sites for hydroxylation is 2. The van der Waals surface area contributed by atoms with Gasteiger partial charge in [0, 0.05) is 17.2 Å². The predicted octanol–water partition coefficient (Wildman–Crippen LogP) is 4.97. The predicted molar refractivity (Wildman–Crippen MR) is 105 cm³/mol. The minimum Gasteiger partial charge on any atom is -0.478 e. The molecule has 6 heteroatoms. The van der Waals surface area contributed by atoms with Crippen molar-refractivity contribution in [3.05, 3.63) is 62.8 Å². The lowest BCUT2D eigenvalue weighted by Crippen LogP contribution is -2.38. The Morgan fingerprint density at radius 2 is 1.85 bits per heavy atom. The lowest BCUT2D eigenvalue weighted by molar-refractivity contribution is -0.152. The summed E-state index contributed by atoms with van der Waals surface area (Å²) in [6, 6.07) is 9.87. The van der Waals surface area contributed by atoms with E-state index in [2.05, 4.69) is 0 Å². The Labute approximate surface area is 161 Å². The van der Waals surface area contributed by atoms with Crippen molar-refractivity contribution in [1.82, 2.24) is 0 Å². The molecule has 0 amide bonds. The van der Waals surface area contributed by atoms with E-state index in [0.717, 1.165) is 11.1 Å². The van der Waals surface area contributed by atoms with Gasteiger partial charge in [-0.1, -0.05) is 17.7 Å². The van der Waals surface area contributed by atoms with Gasteiger partial charge in [-0.25, -0.2) is 4.79 Å². The highest BCUT2D eigenvalue weighted by Gasteiger charge is 2.31. The summed E-state index contributed by atoms with van der Waals surface area (Å²) < 4.78 is 11.7. The zero-order chi connectivity index (χ0) is 19.9. The minimum atomic E-state index is -1.45. The van der Waals surface area contributed by atoms with E-state index in [1.54, 1.807) is 24.3 Å². The van der Waals surface area contributed by atoms with E-state index in [-0.39, 0.29) is 11.2 Å². The molecule has 5 nitrogen and oxygen atoms in total. The number of hydrogen-bond donors (Lipinski definition) is 1. The third-order valence-electron chi connectivity index (χ3n) is 4.25. The molecule has 3 rings (SSSR count). The van der Waals surface area contributed by atoms with Gasteiger partial charge >= 0.3 is 5.97 Å². The van der Waals surface area contributed by atoms with Crippen LogP contribution in [0.2, 0.25) is 5.02 Å². The molecule has 0 unspecified atom stereocenters. The SMILES string of the molecule is Cc1cc(C)c(OC(C)(C)C(=O)O)c(-c2cc(=O)c3ccc(Cl)cc3o2)c1. The normalized spacial score (nSPS) is 11.6. The molecule has 1 aromatic heterocycles. The van der Waals surface area contributed by atoms with Gasteiger partial charge in [0.2, 0.25) is 0 Å². The van der Waals surface area contributed by atoms with Crippen molar-refractivity contribution < 1.29 is 19.1 Å². The van der Waals surface area contributed by atoms with Crippen LogP contribution in [0.5, 0.6) is 5.75 Å². The number of carboxylic acids is 1. The second kappa shape index (κ2) is 6.74. The summed E-state index contributed by atoms with van der Waals surface area (Å²) in [5.41, 5.74) is 0.874. The maximum absolute atomic E-state index is 12.5. The molecule has 27 heavy (non-hydrogen) atoms. The average molecular weight is 387 g/mol. The van der Waals surface area contributed by atoms with Crippen molar-refractivity contribution in [3.63, 3.8) is 0 Å². The molecule has 3 aromatic rings. The second-order valence-corrected chi connectivity index (χ2v) is 7.43. The van der Waals surface area contributed by atoms with Crippen LogP contribution in [0.25, 0.3) is 22.3 Å². The van der Waals surface area contributed by atoms with Gasteiger partial charge in [0.15, 0.2) is 11.0 Å². The van der Waals surface area contributed by atoms with Crippen molar-refractivity contribution in [2.45, 2.75) is 33.3 Å². The lowest BCUT2D eigenvalue weighted by Gasteiger charge is -2.25. The molecule has 0 spiro atoms. The summed E-state index contributed by atoms with van der Waals surface area (Å²) in [6.45, 7) is 6.65. The Morgan fingerprint density at radius 3 is 2.52 bits per heavy atom. The van der Waals surface area contributed by atoms with E-state index in [9.17, 15) is 14.7 Å². The maximum Gasteiger partial charge on any atom is 0.347 e. The van der Waals surface area contributed by atoms with Crippen molar-refractivity contribution in [3.8, 4) is 17.1 Å². The number of ether oxygens (including phenoxy) is 1. The summed E-state index contributed by atoms with van der Waals surface area (Å²) in [4.78, 5) is 24.0. The molecule has 0 aliphatic heterocycles. The van der Waals surface area contributed by atoms with Gasteiger partial charge in [-0.2, -0.15) is 0 Å². The fourth-order valence-corrected chi connectivity index (χ4v) is 3.00. The quantitative estimate of drug-likeness (QED) is 0.684. The first-order chi connectivity index (χ1) is 12.6. The van der Waals surface area contributed by atoms with Crippen molar-refractivity contribution >= 4 is 28.5 Å². The summed E-state index contributed by atoms with van der Waals surface area (Å²) in [7, 11) is 0. The van der Waals surface area contributed by atoms with Crippen LogP contribution in [0, 0.1) is 13.8 Å². The summed E-state index contributed by atoms with van der Waals surface area (Å²) in [5, 5.41) is 10.3. The fraction of sp³-hybridized carbons (Fsp3) is 0.238. The first kappa shape index (κ1) is 19.0. The minimum absolute atomic E-state index is 0.217. The largest absolute Gasteiger partial charge is 0.478 e. The van der Waals surface area contributed by atoms with E-state index in [1.165, 1.54) is 19.9 Å². The molecule has 0 radical (unpaired) electrons. The van der Waals surface area contributed by atoms with E-state index in [4.69, 9.17) is 20.8 Å². The zero-order valence-corrected chi connectivity index (χ0v) is 16.2. The van der Waals surface area contributed by atoms with Crippen LogP contribution >= 0.6 is 11.6 Å². The van der Waals surface area contributed by atoms with Gasteiger partial charge in [-0.3, -0.25) is 4.79 Å². The van der Waals surface area contributed by atoms with E-state index in [0.29, 0.717) is 27.3 Å². The van der Waals surface area contributed by atoms with Gasteiger partial charge in [-0.05, 0) is 57.0 Å². The standard InChI is InChI=1S/C21H19ClO5/c1-11-7-12(2)19(27-21(3,4)20(24)25)15(8-11)18-10-16(23)14-6-5-13(22)9-17(14)26-18/h5-10H,1-4H3,(H,24,25). The average Bonchev–Trinajstić information content (AvgIpc) is 2.56. The van der Waals surface area contributed by atoms with Gasteiger partial charge in [0.1, 0.15) is 17.1 Å². The topological polar surface area (TPSA) is 76.7 Å². The van der Waals surface area contributed by atoms with Gasteiger partial charge in [-0.15, -0.1) is 0 Å². The highest BCUT2D eigenvalue weighted by atomic mass is 35.5. The van der Waals surface area contributed by atoms with E-state index in [1.807, 2.05) is 19.9 Å². The monoisotopic (exact) mass is 386 g/mol. The number of carbonyl (C=O) groups is 1. The number of fused-ring (bicyclic) bond motifs is 1. The van der Waals surface area contributed by atoms with Gasteiger partial charge in [0.05, 0.1) is 10.9 Å². The Kier molecular flexibility index (Phi) is 4.74. The lowest BCUT2D eigenvalue weighted by atomic mass is 10.0. The molecular weight excluding hydrogens is 368 g/mol. The summed E-state index contributed by atoms with van der Waals surface area (Å²) in [6.07, 6.45) is 0. The molecule has 0 atom stereocenters. The van der Waals surface area contributed by atoms with Crippen LogP contribution < -0.4 is 10.2 Å². The van der Waals surface area contributed by atoms with E-state index >= 15 is 0 Å². The Balaban J connectivity index is 2.26. The third-order valence-corrected chi connectivity index (χ3v) is 4.48. The molecule has 0 aliphatic rings. The molecule has 1 N–H and O–H groups in total. The van der Waals surface area contributed by atoms with Crippen molar-refractivity contribution in [1.29, 1.82) is 0 Å². The first-order valence-electron chi connectivity index (χ1n) is 8.36. The van der Waals surface area contributed by atoms with E-state index < -0.39 is 11.6 Å². The number of rotatable bonds is 4. The number of halogens is 1. The molecule has 140 valence electrons. The van der Waals surface area contributed by atoms with Gasteiger partial charge in [0.25, 0.3) is 0 Å². The molecule has 1 heterocycles. The molecule has 0 saturated carbocycles. The van der Waals surface area contributed by atoms with Crippen LogP contribution in [-0.2, 0) is 4.79 Å². The highest BCUT2D eigenvalue weighted by molar-refractivity contribution is 6.31. The number of benzene rings is 2. The van der Waals surface area contributed by atoms with Crippen LogP contribution in [0.1, 0.15) is 25.0 Å². The molecular formula is C21H19ClO5. The summed E-state index contributed by atoms with van der Waals surface area (Å²) >= 11 is 6.02. The number of carboxylic acid groups (broad SMARTS) is 1. The molecule has 0 bridgehead atoms. The highest BCUT2D eigenvalue weighted by Crippen LogP contribution is 2.37. The van der Waals surface area contributed by atoms with Crippen LogP contribution in [-0.4, -0.2) is 16.7 Å². The molecule has 0 saturated heterocycles. The van der Waals surface area contributed by atoms with Crippen molar-refractivity contribution in [2.24, 2.45) is 0 Å². The fourth-order valence-electron chi connectivity index (χ4n) is 2.83. The third kappa shape index (κ3) is 3.69. The number of aliphatic carboxylic acids is 1. The second-order valence-electron chi connectivity index (χ2n) is 6.99. The van der Waals surface area contributed by atoms with Gasteiger partial charge < -0.3 is 14.3 Å². The Bertz CT molecular complexity index is 1110. The zero-order valence-electron chi connectivity index (χ0n) is 15.4. The van der Waals surface area contributed by atoms with Crippen molar-refractivity contribution in [2.75, 3.05) is 0 Å². The summed E-state index contributed by atoms with van der Waals surface area (Å²) in [5.74, 6) is -0.449. The van der Waals surface area contributed by atoms with Crippen LogP contribution in [0.3, 0.4) is 0 Å². The molecule has 2 aromatic carbocycles.